The van der Waals surface area contributed by atoms with Crippen molar-refractivity contribution in [2.24, 2.45) is 0 Å². The molecule has 2 N–H and O–H groups in total. The maximum Gasteiger partial charge on any atom is 0.354 e. The second-order valence-corrected chi connectivity index (χ2v) is 3.53. The van der Waals surface area contributed by atoms with E-state index in [9.17, 15) is 14.0 Å². The maximum absolute atomic E-state index is 12.6. The zero-order valence-electron chi connectivity index (χ0n) is 9.50. The number of amides is 1. The highest BCUT2D eigenvalue weighted by molar-refractivity contribution is 6.02. The van der Waals surface area contributed by atoms with E-state index in [1.54, 1.807) is 0 Å². The molecule has 0 aromatic carbocycles. The van der Waals surface area contributed by atoms with E-state index in [4.69, 9.17) is 5.11 Å². The summed E-state index contributed by atoms with van der Waals surface area (Å²) in [5.41, 5.74) is -0.300. The topological polar surface area (TPSA) is 92.2 Å². The van der Waals surface area contributed by atoms with Gasteiger partial charge in [0.25, 0.3) is 5.91 Å². The lowest BCUT2D eigenvalue weighted by Gasteiger charge is -2.04. The third kappa shape index (κ3) is 3.09. The Hall–Kier alpha value is -2.83. The van der Waals surface area contributed by atoms with E-state index < -0.39 is 17.7 Å². The van der Waals surface area contributed by atoms with Crippen molar-refractivity contribution in [3.8, 4) is 0 Å². The molecule has 2 aromatic rings. The average molecular weight is 261 g/mol. The molecule has 19 heavy (non-hydrogen) atoms. The Morgan fingerprint density at radius 2 is 1.89 bits per heavy atom. The fourth-order valence-electron chi connectivity index (χ4n) is 1.31. The Morgan fingerprint density at radius 3 is 2.53 bits per heavy atom. The van der Waals surface area contributed by atoms with Crippen LogP contribution in [0.5, 0.6) is 0 Å². The van der Waals surface area contributed by atoms with Crippen molar-refractivity contribution < 1.29 is 19.1 Å². The van der Waals surface area contributed by atoms with Gasteiger partial charge in [-0.1, -0.05) is 6.07 Å². The van der Waals surface area contributed by atoms with Gasteiger partial charge in [0, 0.05) is 0 Å². The number of pyridine rings is 2. The van der Waals surface area contributed by atoms with Crippen LogP contribution in [0.1, 0.15) is 21.0 Å². The Kier molecular flexibility index (Phi) is 3.46. The zero-order valence-corrected chi connectivity index (χ0v) is 9.50. The number of aromatic carboxylic acids is 1. The van der Waals surface area contributed by atoms with E-state index in [1.165, 1.54) is 24.3 Å². The molecule has 0 aliphatic heterocycles. The maximum atomic E-state index is 12.6. The first-order valence-corrected chi connectivity index (χ1v) is 5.19. The number of nitrogens with zero attached hydrogens (tertiary/aromatic N) is 2. The molecule has 0 unspecified atom stereocenters. The van der Waals surface area contributed by atoms with E-state index in [0.717, 1.165) is 12.3 Å². The molecule has 2 rings (SSSR count). The summed E-state index contributed by atoms with van der Waals surface area (Å²) in [6, 6.07) is 6.47. The zero-order chi connectivity index (χ0) is 13.8. The number of anilines is 1. The first kappa shape index (κ1) is 12.6. The number of hydrogen-bond acceptors (Lipinski definition) is 4. The Labute approximate surface area is 106 Å². The largest absolute Gasteiger partial charge is 0.477 e. The molecule has 0 spiro atoms. The summed E-state index contributed by atoms with van der Waals surface area (Å²) in [6.45, 7) is 0. The SMILES string of the molecule is O=C(O)c1cccc(C(=O)Nc2ccc(F)cn2)n1. The van der Waals surface area contributed by atoms with Gasteiger partial charge in [0.05, 0.1) is 6.20 Å². The van der Waals surface area contributed by atoms with Crippen LogP contribution in [-0.2, 0) is 0 Å². The van der Waals surface area contributed by atoms with Crippen molar-refractivity contribution >= 4 is 17.7 Å². The van der Waals surface area contributed by atoms with Crippen LogP contribution in [0.15, 0.2) is 36.5 Å². The van der Waals surface area contributed by atoms with Crippen LogP contribution in [0.3, 0.4) is 0 Å². The number of carboxylic acids is 1. The number of halogens is 1. The number of carbonyl (C=O) groups is 2. The summed E-state index contributed by atoms with van der Waals surface area (Å²) < 4.78 is 12.6. The van der Waals surface area contributed by atoms with Crippen molar-refractivity contribution in [2.45, 2.75) is 0 Å². The molecule has 0 radical (unpaired) electrons. The van der Waals surface area contributed by atoms with Gasteiger partial charge in [-0.25, -0.2) is 19.2 Å². The molecule has 0 fully saturated rings. The van der Waals surface area contributed by atoms with Crippen molar-refractivity contribution in [1.82, 2.24) is 9.97 Å². The minimum Gasteiger partial charge on any atom is -0.477 e. The Morgan fingerprint density at radius 1 is 1.16 bits per heavy atom. The summed E-state index contributed by atoms with van der Waals surface area (Å²) in [5.74, 6) is -2.23. The van der Waals surface area contributed by atoms with E-state index >= 15 is 0 Å². The molecule has 1 amide bonds. The molecule has 0 saturated carbocycles. The lowest BCUT2D eigenvalue weighted by atomic mass is 10.3. The fraction of sp³-hybridized carbons (Fsp3) is 0. The van der Waals surface area contributed by atoms with Gasteiger partial charge in [0.1, 0.15) is 23.0 Å². The number of aromatic nitrogens is 2. The minimum atomic E-state index is -1.23. The highest BCUT2D eigenvalue weighted by atomic mass is 19.1. The van der Waals surface area contributed by atoms with Crippen LogP contribution in [0.2, 0.25) is 0 Å². The van der Waals surface area contributed by atoms with Gasteiger partial charge >= 0.3 is 5.97 Å². The highest BCUT2D eigenvalue weighted by Gasteiger charge is 2.11. The Bertz CT molecular complexity index is 628. The molecule has 0 saturated heterocycles. The van der Waals surface area contributed by atoms with Gasteiger partial charge in [0.15, 0.2) is 0 Å². The lowest BCUT2D eigenvalue weighted by Crippen LogP contribution is -2.16. The van der Waals surface area contributed by atoms with Crippen LogP contribution >= 0.6 is 0 Å². The van der Waals surface area contributed by atoms with Gasteiger partial charge in [-0.3, -0.25) is 4.79 Å². The van der Waals surface area contributed by atoms with E-state index in [1.807, 2.05) is 0 Å². The van der Waals surface area contributed by atoms with Gasteiger partial charge in [0.2, 0.25) is 0 Å². The van der Waals surface area contributed by atoms with E-state index in [0.29, 0.717) is 0 Å². The first-order chi connectivity index (χ1) is 9.06. The quantitative estimate of drug-likeness (QED) is 0.874. The minimum absolute atomic E-state index is 0.0639. The molecular weight excluding hydrogens is 253 g/mol. The molecule has 0 aliphatic carbocycles. The van der Waals surface area contributed by atoms with Crippen molar-refractivity contribution in [3.63, 3.8) is 0 Å². The van der Waals surface area contributed by atoms with Crippen molar-refractivity contribution in [2.75, 3.05) is 5.32 Å². The van der Waals surface area contributed by atoms with Gasteiger partial charge in [-0.2, -0.15) is 0 Å². The molecule has 0 bridgehead atoms. The van der Waals surface area contributed by atoms with Crippen molar-refractivity contribution in [1.29, 1.82) is 0 Å². The third-order valence-electron chi connectivity index (χ3n) is 2.17. The van der Waals surface area contributed by atoms with E-state index in [2.05, 4.69) is 15.3 Å². The number of carbonyl (C=O) groups excluding carboxylic acids is 1. The molecule has 7 heteroatoms. The molecule has 0 atom stereocenters. The predicted octanol–water partition coefficient (Wildman–Crippen LogP) is 1.57. The van der Waals surface area contributed by atoms with Crippen LogP contribution in [-0.4, -0.2) is 27.0 Å². The Balaban J connectivity index is 2.18. The number of nitrogens with one attached hydrogen (secondary N) is 1. The second kappa shape index (κ2) is 5.21. The lowest BCUT2D eigenvalue weighted by molar-refractivity contribution is 0.0690. The normalized spacial score (nSPS) is 9.95. The van der Waals surface area contributed by atoms with Crippen LogP contribution < -0.4 is 5.32 Å². The van der Waals surface area contributed by atoms with E-state index in [-0.39, 0.29) is 17.2 Å². The standard InChI is InChI=1S/C12H8FN3O3/c13-7-4-5-10(14-6-7)16-11(17)8-2-1-3-9(15-8)12(18)19/h1-6H,(H,18,19)(H,14,16,17). The summed E-state index contributed by atoms with van der Waals surface area (Å²) in [4.78, 5) is 29.8. The fourth-order valence-corrected chi connectivity index (χ4v) is 1.31. The molecule has 0 aliphatic rings. The van der Waals surface area contributed by atoms with Gasteiger partial charge in [-0.05, 0) is 24.3 Å². The second-order valence-electron chi connectivity index (χ2n) is 3.53. The van der Waals surface area contributed by atoms with Crippen LogP contribution in [0.25, 0.3) is 0 Å². The third-order valence-corrected chi connectivity index (χ3v) is 2.17. The predicted molar refractivity (Wildman–Crippen MR) is 63.3 cm³/mol. The van der Waals surface area contributed by atoms with Crippen molar-refractivity contribution in [3.05, 3.63) is 53.7 Å². The van der Waals surface area contributed by atoms with Crippen LogP contribution in [0.4, 0.5) is 10.2 Å². The summed E-state index contributed by atoms with van der Waals surface area (Å²) in [5, 5.41) is 11.1. The molecule has 96 valence electrons. The summed E-state index contributed by atoms with van der Waals surface area (Å²) >= 11 is 0. The summed E-state index contributed by atoms with van der Waals surface area (Å²) in [7, 11) is 0. The summed E-state index contributed by atoms with van der Waals surface area (Å²) in [6.07, 6.45) is 0.955. The molecule has 6 nitrogen and oxygen atoms in total. The molecular formula is C12H8FN3O3. The molecule has 2 heterocycles. The average Bonchev–Trinajstić information content (AvgIpc) is 2.41. The van der Waals surface area contributed by atoms with Crippen LogP contribution in [0, 0.1) is 5.82 Å². The van der Waals surface area contributed by atoms with Gasteiger partial charge in [-0.15, -0.1) is 0 Å². The first-order valence-electron chi connectivity index (χ1n) is 5.19. The number of hydrogen-bond donors (Lipinski definition) is 2. The molecule has 2 aromatic heterocycles. The van der Waals surface area contributed by atoms with Gasteiger partial charge < -0.3 is 10.4 Å². The number of carboxylic acid groups (broad SMARTS) is 1. The number of rotatable bonds is 3. The monoisotopic (exact) mass is 261 g/mol. The highest BCUT2D eigenvalue weighted by Crippen LogP contribution is 2.06. The smallest absolute Gasteiger partial charge is 0.354 e.